The number of carbonyl (C=O) groups excluding carboxylic acids is 2. The molecule has 0 saturated carbocycles. The van der Waals surface area contributed by atoms with Gasteiger partial charge in [-0.05, 0) is 74.7 Å². The summed E-state index contributed by atoms with van der Waals surface area (Å²) in [6.07, 6.45) is -4.26. The fourth-order valence-electron chi connectivity index (χ4n) is 8.03. The van der Waals surface area contributed by atoms with Gasteiger partial charge in [-0.1, -0.05) is 29.3 Å². The molecule has 1 aromatic heterocycles. The third kappa shape index (κ3) is 9.34. The number of phenolic OH excluding ortho intramolecular Hbond substituents is 1. The second-order valence-corrected chi connectivity index (χ2v) is 15.6. The van der Waals surface area contributed by atoms with Crippen LogP contribution in [0.15, 0.2) is 98.5 Å². The van der Waals surface area contributed by atoms with Gasteiger partial charge in [-0.3, -0.25) is 10.1 Å². The summed E-state index contributed by atoms with van der Waals surface area (Å²) < 4.78 is 23.8. The molecule has 8 atom stereocenters. The number of ether oxygens (including phenoxy) is 3. The Labute approximate surface area is 359 Å². The summed E-state index contributed by atoms with van der Waals surface area (Å²) in [7, 11) is 0. The smallest absolute Gasteiger partial charge is 0.334 e. The minimum absolute atomic E-state index is 0.0137. The highest BCUT2D eigenvalue weighted by atomic mass is 16.8. The van der Waals surface area contributed by atoms with Crippen LogP contribution in [0.4, 0.5) is 0 Å². The molecule has 8 N–H and O–H groups in total. The molecule has 332 valence electrons. The molecule has 4 aromatic rings. The van der Waals surface area contributed by atoms with E-state index in [1.54, 1.807) is 18.3 Å². The Morgan fingerprint density at radius 2 is 1.83 bits per heavy atom. The van der Waals surface area contributed by atoms with Gasteiger partial charge in [0.25, 0.3) is 0 Å². The monoisotopic (exact) mass is 870 g/mol. The summed E-state index contributed by atoms with van der Waals surface area (Å²) in [5.41, 5.74) is 2.36. The van der Waals surface area contributed by atoms with Crippen molar-refractivity contribution in [2.45, 2.75) is 75.5 Å². The number of aliphatic imine (C=N–C) groups is 1. The van der Waals surface area contributed by atoms with E-state index in [4.69, 9.17) is 23.5 Å². The fraction of sp³-hybridized carbons (Fsp3) is 0.356. The van der Waals surface area contributed by atoms with Crippen LogP contribution >= 0.6 is 0 Å². The minimum Gasteiger partial charge on any atom is -0.508 e. The molecule has 3 aromatic carbocycles. The predicted molar refractivity (Wildman–Crippen MR) is 223 cm³/mol. The van der Waals surface area contributed by atoms with Crippen LogP contribution in [-0.2, 0) is 28.7 Å². The molecule has 0 radical (unpaired) electrons. The minimum atomic E-state index is -2.70. The van der Waals surface area contributed by atoms with Crippen LogP contribution in [0.1, 0.15) is 36.0 Å². The largest absolute Gasteiger partial charge is 0.508 e. The van der Waals surface area contributed by atoms with Crippen LogP contribution in [-0.4, -0.2) is 124 Å². The lowest BCUT2D eigenvalue weighted by Gasteiger charge is -2.50. The number of hydroxylamine groups is 2. The molecule has 1 saturated heterocycles. The number of allylic oxidation sites excluding steroid dienone is 1. The Kier molecular flexibility index (Phi) is 13.6. The first kappa shape index (κ1) is 44.9. The summed E-state index contributed by atoms with van der Waals surface area (Å²) in [6, 6.07) is 14.2. The zero-order valence-corrected chi connectivity index (χ0v) is 34.3. The molecule has 8 unspecified atom stereocenters. The van der Waals surface area contributed by atoms with Gasteiger partial charge in [-0.2, -0.15) is 9.90 Å². The van der Waals surface area contributed by atoms with Crippen molar-refractivity contribution >= 4 is 41.1 Å². The van der Waals surface area contributed by atoms with Crippen LogP contribution in [0.5, 0.6) is 11.5 Å². The summed E-state index contributed by atoms with van der Waals surface area (Å²) in [5, 5.41) is 68.7. The Morgan fingerprint density at radius 1 is 1.08 bits per heavy atom. The molecule has 3 aliphatic rings. The number of nitrogens with one attached hydrogen (secondary N) is 2. The molecule has 18 heteroatoms. The number of carboxylic acids is 1. The van der Waals surface area contributed by atoms with Crippen LogP contribution < -0.4 is 20.5 Å². The number of quaternary nitrogens is 1. The first-order valence-corrected chi connectivity index (χ1v) is 20.3. The number of aliphatic hydroxyl groups is 4. The van der Waals surface area contributed by atoms with E-state index in [9.17, 15) is 49.8 Å². The maximum Gasteiger partial charge on any atom is 0.334 e. The summed E-state index contributed by atoms with van der Waals surface area (Å²) in [4.78, 5) is 60.8. The molecule has 63 heavy (non-hydrogen) atoms. The number of rotatable bonds is 18. The van der Waals surface area contributed by atoms with Gasteiger partial charge < -0.3 is 54.1 Å². The van der Waals surface area contributed by atoms with Crippen molar-refractivity contribution in [3.8, 4) is 22.6 Å². The molecule has 0 amide bonds. The van der Waals surface area contributed by atoms with E-state index in [-0.39, 0.29) is 72.4 Å². The fourth-order valence-corrected chi connectivity index (χ4v) is 8.03. The lowest BCUT2D eigenvalue weighted by atomic mass is 9.78. The molecule has 0 spiro atoms. The van der Waals surface area contributed by atoms with E-state index in [0.29, 0.717) is 28.3 Å². The van der Waals surface area contributed by atoms with Crippen molar-refractivity contribution in [2.75, 3.05) is 26.3 Å². The number of carbonyl (C=O) groups is 3. The molecule has 18 nitrogen and oxygen atoms in total. The number of benzene rings is 3. The maximum absolute atomic E-state index is 13.6. The number of fused-ring (bicyclic) bond motifs is 2. The second kappa shape index (κ2) is 19.1. The number of phenols is 1. The SMILES string of the molecule is Cc1cc(C)cc(C2=C3N=CC=C3C[NH+]2OC2C(Oc3ccc4c(=O)c(-c5ccc(O)cc5)coc4c3)OC(COC(=O)C(NCCC=O)C(=O)O)C(O)C2(O)C(O)CCCO)c1. The number of aryl methyl sites for hydroxylation is 2. The lowest BCUT2D eigenvalue weighted by Crippen LogP contribution is -3.09. The van der Waals surface area contributed by atoms with Crippen molar-refractivity contribution < 1.29 is 73.6 Å². The topological polar surface area (TPSA) is 269 Å². The van der Waals surface area contributed by atoms with Gasteiger partial charge in [-0.25, -0.2) is 14.6 Å². The highest BCUT2D eigenvalue weighted by Crippen LogP contribution is 2.39. The Morgan fingerprint density at radius 3 is 2.52 bits per heavy atom. The Bertz CT molecular complexity index is 2500. The van der Waals surface area contributed by atoms with Gasteiger partial charge >= 0.3 is 11.9 Å². The van der Waals surface area contributed by atoms with Gasteiger partial charge in [0.1, 0.15) is 60.7 Å². The van der Waals surface area contributed by atoms with Crippen molar-refractivity contribution in [1.29, 1.82) is 0 Å². The van der Waals surface area contributed by atoms with Crippen LogP contribution in [0.25, 0.3) is 27.8 Å². The van der Waals surface area contributed by atoms with Gasteiger partial charge in [0.05, 0.1) is 17.1 Å². The van der Waals surface area contributed by atoms with E-state index in [1.807, 2.05) is 38.1 Å². The Balaban J connectivity index is 1.28. The Hall–Kier alpha value is -6.09. The molecule has 0 aliphatic carbocycles. The number of esters is 1. The number of hydrogen-bond acceptors (Lipinski definition) is 16. The van der Waals surface area contributed by atoms with Crippen molar-refractivity contribution in [2.24, 2.45) is 4.99 Å². The number of nitrogens with zero attached hydrogens (tertiary/aromatic N) is 1. The van der Waals surface area contributed by atoms with Crippen molar-refractivity contribution in [1.82, 2.24) is 5.32 Å². The molecule has 1 fully saturated rings. The highest BCUT2D eigenvalue weighted by molar-refractivity contribution is 5.98. The molecule has 3 aliphatic heterocycles. The van der Waals surface area contributed by atoms with E-state index in [2.05, 4.69) is 10.3 Å². The normalized spacial score (nSPS) is 23.9. The van der Waals surface area contributed by atoms with E-state index < -0.39 is 60.9 Å². The zero-order chi connectivity index (χ0) is 45.0. The van der Waals surface area contributed by atoms with Crippen LogP contribution in [0.2, 0.25) is 0 Å². The quantitative estimate of drug-likeness (QED) is 0.0298. The van der Waals surface area contributed by atoms with E-state index >= 15 is 0 Å². The first-order valence-electron chi connectivity index (χ1n) is 20.3. The zero-order valence-electron chi connectivity index (χ0n) is 34.3. The molecular weight excluding hydrogens is 823 g/mol. The van der Waals surface area contributed by atoms with E-state index in [0.717, 1.165) is 22.3 Å². The average molecular weight is 871 g/mol. The van der Waals surface area contributed by atoms with Gasteiger partial charge in [0.15, 0.2) is 16.7 Å². The number of aromatic hydroxyl groups is 1. The first-order chi connectivity index (χ1) is 30.2. The number of hydrogen-bond donors (Lipinski definition) is 8. The number of carboxylic acid groups (broad SMARTS) is 1. The highest BCUT2D eigenvalue weighted by Gasteiger charge is 2.63. The third-order valence-corrected chi connectivity index (χ3v) is 11.1. The van der Waals surface area contributed by atoms with Crippen LogP contribution in [0, 0.1) is 13.8 Å². The lowest BCUT2D eigenvalue weighted by molar-refractivity contribution is -1.04. The van der Waals surface area contributed by atoms with Crippen molar-refractivity contribution in [3.63, 3.8) is 0 Å². The van der Waals surface area contributed by atoms with Crippen LogP contribution in [0.3, 0.4) is 0 Å². The summed E-state index contributed by atoms with van der Waals surface area (Å²) in [5.74, 6) is -2.87. The van der Waals surface area contributed by atoms with Gasteiger partial charge in [0, 0.05) is 43.0 Å². The number of aliphatic carboxylic acids is 1. The van der Waals surface area contributed by atoms with E-state index in [1.165, 1.54) is 36.6 Å². The summed E-state index contributed by atoms with van der Waals surface area (Å²) >= 11 is 0. The number of aldehydes is 1. The molecule has 4 heterocycles. The number of aliphatic hydroxyl groups excluding tert-OH is 3. The van der Waals surface area contributed by atoms with Gasteiger partial charge in [0.2, 0.25) is 18.4 Å². The third-order valence-electron chi connectivity index (χ3n) is 11.1. The maximum atomic E-state index is 13.6. The van der Waals surface area contributed by atoms with Gasteiger partial charge in [-0.15, -0.1) is 0 Å². The second-order valence-electron chi connectivity index (χ2n) is 15.6. The van der Waals surface area contributed by atoms with Crippen molar-refractivity contribution in [3.05, 3.63) is 111 Å². The summed E-state index contributed by atoms with van der Waals surface area (Å²) in [6.45, 7) is 2.65. The molecular formula is C45H48N3O15+. The predicted octanol–water partition coefficient (Wildman–Crippen LogP) is 0.865. The standard InChI is InChI=1S/C45H47N3O15/c1-24-17-25(2)19-28(18-24)38-36-27(12-14-47-36)21-48(38)63-41-44(61-30-10-11-31-33(20-30)59-22-32(39(31)53)26-6-8-29(51)9-7-26)62-34(40(54)45(41,58)35(52)5-3-15-49)23-60-43(57)37(42(55)56)46-13-4-16-50/h6-12,14,16-20,22,34-35,37,40-41,44,46,49,51-52,54,58H,3-5,13,15,21,23H2,1-2H3,(H,55,56)/p+1. The molecule has 7 rings (SSSR count). The molecule has 0 bridgehead atoms. The average Bonchev–Trinajstić information content (AvgIpc) is 3.85.